The van der Waals surface area contributed by atoms with Crippen LogP contribution in [0.15, 0.2) is 91.5 Å². The molecule has 0 aliphatic heterocycles. The number of hydrogen-bond acceptors (Lipinski definition) is 6. The molecule has 8 nitrogen and oxygen atoms in total. The Morgan fingerprint density at radius 2 is 1.75 bits per heavy atom. The lowest BCUT2D eigenvalue weighted by Crippen LogP contribution is -2.33. The molecular weight excluding hydrogens is 685 g/mol. The van der Waals surface area contributed by atoms with Gasteiger partial charge in [-0.2, -0.15) is 5.26 Å². The smallest absolute Gasteiger partial charge is 0.335 e. The summed E-state index contributed by atoms with van der Waals surface area (Å²) < 4.78 is 6.32. The number of carbonyl (C=O) groups excluding carboxylic acids is 1. The number of nitrogens with one attached hydrogen (secondary N) is 2. The van der Waals surface area contributed by atoms with Crippen molar-refractivity contribution in [3.05, 3.63) is 119 Å². The van der Waals surface area contributed by atoms with Crippen LogP contribution in [0.5, 0.6) is 5.75 Å². The largest absolute Gasteiger partial charge is 0.489 e. The SMILES string of the molecule is C=C/C(=C\C=C\CC)c1ccc(C(=O)NCC(CC)CCCC)cc1COc1ccc(CNc2cc(C(=O)O)ccc2N(C)C2CCCCC2)cc1.CC#N. The molecule has 3 aromatic carbocycles. The van der Waals surface area contributed by atoms with Crippen molar-refractivity contribution >= 4 is 28.8 Å². The van der Waals surface area contributed by atoms with Crippen LogP contribution in [-0.2, 0) is 13.2 Å². The van der Waals surface area contributed by atoms with Gasteiger partial charge in [0.15, 0.2) is 0 Å². The Labute approximate surface area is 330 Å². The maximum atomic E-state index is 13.3. The highest BCUT2D eigenvalue weighted by molar-refractivity contribution is 5.95. The Hall–Kier alpha value is -5.29. The third kappa shape index (κ3) is 14.1. The van der Waals surface area contributed by atoms with Crippen LogP contribution in [0.3, 0.4) is 0 Å². The molecule has 8 heteroatoms. The zero-order chi connectivity index (χ0) is 40.0. The number of nitrogens with zero attached hydrogens (tertiary/aromatic N) is 2. The average molecular weight is 747 g/mol. The number of aromatic carboxylic acids is 1. The van der Waals surface area contributed by atoms with Crippen molar-refractivity contribution in [3.8, 4) is 11.8 Å². The van der Waals surface area contributed by atoms with Crippen LogP contribution >= 0.6 is 0 Å². The topological polar surface area (TPSA) is 115 Å². The van der Waals surface area contributed by atoms with Crippen LogP contribution < -0.4 is 20.3 Å². The van der Waals surface area contributed by atoms with Crippen molar-refractivity contribution in [1.29, 1.82) is 5.26 Å². The number of ether oxygens (including phenoxy) is 1. The Morgan fingerprint density at radius 3 is 2.38 bits per heavy atom. The maximum absolute atomic E-state index is 13.3. The van der Waals surface area contributed by atoms with Crippen molar-refractivity contribution in [2.45, 2.75) is 111 Å². The molecule has 0 saturated heterocycles. The predicted molar refractivity (Wildman–Crippen MR) is 228 cm³/mol. The summed E-state index contributed by atoms with van der Waals surface area (Å²) in [6.45, 7) is 13.5. The molecule has 4 rings (SSSR count). The van der Waals surface area contributed by atoms with Crippen molar-refractivity contribution in [2.24, 2.45) is 5.92 Å². The Morgan fingerprint density at radius 1 is 1.04 bits per heavy atom. The van der Waals surface area contributed by atoms with E-state index in [0.29, 0.717) is 36.4 Å². The Bertz CT molecular complexity index is 1770. The minimum atomic E-state index is -0.939. The monoisotopic (exact) mass is 746 g/mol. The predicted octanol–water partition coefficient (Wildman–Crippen LogP) is 11.4. The van der Waals surface area contributed by atoms with Gasteiger partial charge in [0, 0.05) is 38.7 Å². The van der Waals surface area contributed by atoms with Gasteiger partial charge in [0.05, 0.1) is 23.0 Å². The highest BCUT2D eigenvalue weighted by Crippen LogP contribution is 2.33. The molecule has 3 aromatic rings. The first-order valence-electron chi connectivity index (χ1n) is 20.0. The van der Waals surface area contributed by atoms with E-state index in [-0.39, 0.29) is 18.1 Å². The molecule has 0 radical (unpaired) electrons. The van der Waals surface area contributed by atoms with Crippen LogP contribution in [-0.4, -0.2) is 36.6 Å². The first-order chi connectivity index (χ1) is 26.7. The summed E-state index contributed by atoms with van der Waals surface area (Å²) in [5.41, 5.74) is 6.59. The molecule has 1 fully saturated rings. The van der Waals surface area contributed by atoms with Crippen molar-refractivity contribution in [1.82, 2.24) is 5.32 Å². The quantitative estimate of drug-likeness (QED) is 0.0986. The molecule has 1 aliphatic rings. The van der Waals surface area contributed by atoms with Crippen molar-refractivity contribution in [3.63, 3.8) is 0 Å². The third-order valence-corrected chi connectivity index (χ3v) is 10.2. The summed E-state index contributed by atoms with van der Waals surface area (Å²) in [4.78, 5) is 27.4. The zero-order valence-corrected chi connectivity index (χ0v) is 33.7. The van der Waals surface area contributed by atoms with Gasteiger partial charge in [-0.15, -0.1) is 0 Å². The number of benzene rings is 3. The fourth-order valence-corrected chi connectivity index (χ4v) is 6.84. The van der Waals surface area contributed by atoms with Crippen molar-refractivity contribution < 1.29 is 19.4 Å². The lowest BCUT2D eigenvalue weighted by atomic mass is 9.94. The lowest BCUT2D eigenvalue weighted by Gasteiger charge is -2.34. The summed E-state index contributed by atoms with van der Waals surface area (Å²) in [5, 5.41) is 23.7. The Kier molecular flexibility index (Phi) is 19.4. The molecule has 1 unspecified atom stereocenters. The molecule has 0 heterocycles. The van der Waals surface area contributed by atoms with Gasteiger partial charge in [0.1, 0.15) is 12.4 Å². The lowest BCUT2D eigenvalue weighted by molar-refractivity contribution is 0.0696. The molecule has 0 bridgehead atoms. The number of carbonyl (C=O) groups is 2. The van der Waals surface area contributed by atoms with Gasteiger partial charge >= 0.3 is 5.97 Å². The first-order valence-corrected chi connectivity index (χ1v) is 20.0. The normalized spacial score (nSPS) is 13.6. The highest BCUT2D eigenvalue weighted by Gasteiger charge is 2.21. The van der Waals surface area contributed by atoms with E-state index in [1.165, 1.54) is 32.6 Å². The summed E-state index contributed by atoms with van der Waals surface area (Å²) >= 11 is 0. The van der Waals surface area contributed by atoms with Crippen LogP contribution in [0.2, 0.25) is 0 Å². The van der Waals surface area contributed by atoms with Gasteiger partial charge < -0.3 is 25.4 Å². The van der Waals surface area contributed by atoms with E-state index in [1.54, 1.807) is 18.2 Å². The number of allylic oxidation sites excluding steroid dienone is 5. The number of hydrogen-bond donors (Lipinski definition) is 3. The summed E-state index contributed by atoms with van der Waals surface area (Å²) in [6.07, 6.45) is 19.5. The van der Waals surface area contributed by atoms with Gasteiger partial charge in [-0.25, -0.2) is 4.79 Å². The summed E-state index contributed by atoms with van der Waals surface area (Å²) in [5.74, 6) is 0.180. The van der Waals surface area contributed by atoms with Gasteiger partial charge in [-0.05, 0) is 96.3 Å². The number of anilines is 2. The minimum absolute atomic E-state index is 0.0726. The third-order valence-electron chi connectivity index (χ3n) is 10.2. The van der Waals surface area contributed by atoms with E-state index in [4.69, 9.17) is 10.00 Å². The van der Waals surface area contributed by atoms with Gasteiger partial charge in [0.2, 0.25) is 0 Å². The summed E-state index contributed by atoms with van der Waals surface area (Å²) in [7, 11) is 2.11. The molecule has 1 saturated carbocycles. The van der Waals surface area contributed by atoms with Gasteiger partial charge in [-0.1, -0.05) is 108 Å². The molecule has 0 aromatic heterocycles. The molecular formula is C47H62N4O4. The fourth-order valence-electron chi connectivity index (χ4n) is 6.84. The Balaban J connectivity index is 0.00000262. The van der Waals surface area contributed by atoms with Crippen LogP contribution in [0.25, 0.3) is 5.57 Å². The molecule has 1 amide bonds. The van der Waals surface area contributed by atoms with E-state index < -0.39 is 5.97 Å². The standard InChI is InChI=1S/C45H59N3O4.C2H3N/c1-6-10-13-17-35(9-4)41-26-22-36(44(49)47-30-33(8-3)16-11-7-2)28-38(41)32-52-40-24-20-34(21-25-40)31-46-42-29-37(45(50)51)23-27-43(42)48(5)39-18-14-12-15-19-39;1-2-3/h9-10,13,17,20-29,33,39,46H,4,6-8,11-12,14-16,18-19,30-32H2,1-3,5H3,(H,47,49)(H,50,51);1H3/b13-10+,35-17+;. The second-order valence-corrected chi connectivity index (χ2v) is 14.1. The second-order valence-electron chi connectivity index (χ2n) is 14.1. The van der Waals surface area contributed by atoms with Crippen LogP contribution in [0.4, 0.5) is 11.4 Å². The minimum Gasteiger partial charge on any atom is -0.489 e. The number of carboxylic acids is 1. The molecule has 55 heavy (non-hydrogen) atoms. The van der Waals surface area contributed by atoms with Crippen molar-refractivity contribution in [2.75, 3.05) is 23.8 Å². The zero-order valence-electron chi connectivity index (χ0n) is 33.7. The van der Waals surface area contributed by atoms with Gasteiger partial charge in [-0.3, -0.25) is 4.79 Å². The fraction of sp³-hybridized carbons (Fsp3) is 0.426. The maximum Gasteiger partial charge on any atom is 0.335 e. The number of nitriles is 1. The number of unbranched alkanes of at least 4 members (excludes halogenated alkanes) is 1. The molecule has 1 atom stereocenters. The molecule has 3 N–H and O–H groups in total. The van der Waals surface area contributed by atoms with E-state index >= 15 is 0 Å². The van der Waals surface area contributed by atoms with Crippen LogP contribution in [0, 0.1) is 17.2 Å². The number of rotatable bonds is 20. The first kappa shape index (κ1) is 44.1. The van der Waals surface area contributed by atoms with Crippen LogP contribution in [0.1, 0.15) is 129 Å². The van der Waals surface area contributed by atoms with Gasteiger partial charge in [0.25, 0.3) is 5.91 Å². The highest BCUT2D eigenvalue weighted by atomic mass is 16.5. The second kappa shape index (κ2) is 24.2. The van der Waals surface area contributed by atoms with E-state index in [9.17, 15) is 14.7 Å². The van der Waals surface area contributed by atoms with E-state index in [2.05, 4.69) is 56.0 Å². The number of amides is 1. The molecule has 294 valence electrons. The van der Waals surface area contributed by atoms with E-state index in [0.717, 1.165) is 72.2 Å². The average Bonchev–Trinajstić information content (AvgIpc) is 3.21. The summed E-state index contributed by atoms with van der Waals surface area (Å²) in [6, 6.07) is 21.3. The molecule has 1 aliphatic carbocycles. The van der Waals surface area contributed by atoms with E-state index in [1.807, 2.05) is 66.8 Å². The molecule has 0 spiro atoms. The number of carboxylic acid groups (broad SMARTS) is 1.